The van der Waals surface area contributed by atoms with Crippen LogP contribution in [0.25, 0.3) is 0 Å². The molecule has 124 valence electrons. The van der Waals surface area contributed by atoms with Crippen LogP contribution < -0.4 is 10.6 Å². The summed E-state index contributed by atoms with van der Waals surface area (Å²) in [5, 5.41) is 24.9. The first-order valence-corrected chi connectivity index (χ1v) is 8.10. The van der Waals surface area contributed by atoms with Crippen LogP contribution in [0.5, 0.6) is 0 Å². The van der Waals surface area contributed by atoms with Crippen LogP contribution in [0, 0.1) is 5.92 Å². The van der Waals surface area contributed by atoms with Gasteiger partial charge in [0.25, 0.3) is 0 Å². The zero-order chi connectivity index (χ0) is 16.4. The van der Waals surface area contributed by atoms with Crippen LogP contribution in [0.3, 0.4) is 0 Å². The summed E-state index contributed by atoms with van der Waals surface area (Å²) >= 11 is 0. The SMILES string of the molecule is O=C(NC1CCC(C(=O)O)CC1)N[C@H]1c2ccccc2C[C@H]1O. The van der Waals surface area contributed by atoms with Gasteiger partial charge in [0.15, 0.2) is 0 Å². The van der Waals surface area contributed by atoms with E-state index in [0.29, 0.717) is 32.1 Å². The number of hydrogen-bond donors (Lipinski definition) is 4. The molecule has 2 atom stereocenters. The molecule has 1 saturated carbocycles. The number of aliphatic hydroxyl groups is 1. The number of fused-ring (bicyclic) bond motifs is 1. The van der Waals surface area contributed by atoms with E-state index in [-0.39, 0.29) is 24.0 Å². The lowest BCUT2D eigenvalue weighted by atomic mass is 9.86. The molecule has 0 saturated heterocycles. The van der Waals surface area contributed by atoms with Gasteiger partial charge < -0.3 is 20.8 Å². The molecule has 23 heavy (non-hydrogen) atoms. The smallest absolute Gasteiger partial charge is 0.315 e. The number of aliphatic carboxylic acids is 1. The van der Waals surface area contributed by atoms with Crippen molar-refractivity contribution in [1.82, 2.24) is 10.6 Å². The van der Waals surface area contributed by atoms with Crippen molar-refractivity contribution in [2.24, 2.45) is 5.92 Å². The third-order valence-corrected chi connectivity index (χ3v) is 4.90. The predicted molar refractivity (Wildman–Crippen MR) is 83.9 cm³/mol. The monoisotopic (exact) mass is 318 g/mol. The Kier molecular flexibility index (Phi) is 4.52. The van der Waals surface area contributed by atoms with Crippen molar-refractivity contribution in [3.63, 3.8) is 0 Å². The van der Waals surface area contributed by atoms with E-state index in [2.05, 4.69) is 10.6 Å². The first-order valence-electron chi connectivity index (χ1n) is 8.10. The molecule has 4 N–H and O–H groups in total. The summed E-state index contributed by atoms with van der Waals surface area (Å²) in [5.41, 5.74) is 2.03. The van der Waals surface area contributed by atoms with E-state index in [1.54, 1.807) is 0 Å². The third-order valence-electron chi connectivity index (χ3n) is 4.90. The largest absolute Gasteiger partial charge is 0.481 e. The first-order chi connectivity index (χ1) is 11.0. The highest BCUT2D eigenvalue weighted by molar-refractivity contribution is 5.75. The second-order valence-electron chi connectivity index (χ2n) is 6.45. The Hall–Kier alpha value is -2.08. The summed E-state index contributed by atoms with van der Waals surface area (Å²) in [6.45, 7) is 0. The molecule has 0 aliphatic heterocycles. The van der Waals surface area contributed by atoms with E-state index in [1.165, 1.54) is 0 Å². The van der Waals surface area contributed by atoms with Crippen LogP contribution in [0.4, 0.5) is 4.79 Å². The molecule has 0 bridgehead atoms. The summed E-state index contributed by atoms with van der Waals surface area (Å²) in [4.78, 5) is 23.1. The van der Waals surface area contributed by atoms with Crippen molar-refractivity contribution in [3.05, 3.63) is 35.4 Å². The van der Waals surface area contributed by atoms with Gasteiger partial charge in [0, 0.05) is 12.5 Å². The van der Waals surface area contributed by atoms with Crippen molar-refractivity contribution in [2.75, 3.05) is 0 Å². The van der Waals surface area contributed by atoms with Crippen LogP contribution in [0.15, 0.2) is 24.3 Å². The predicted octanol–water partition coefficient (Wildman–Crippen LogP) is 1.59. The van der Waals surface area contributed by atoms with Crippen molar-refractivity contribution < 1.29 is 19.8 Å². The highest BCUT2D eigenvalue weighted by Crippen LogP contribution is 2.31. The third kappa shape index (κ3) is 3.47. The molecule has 0 radical (unpaired) electrons. The number of carboxylic acids is 1. The zero-order valence-corrected chi connectivity index (χ0v) is 12.9. The number of rotatable bonds is 3. The number of carbonyl (C=O) groups is 2. The van der Waals surface area contributed by atoms with Crippen LogP contribution in [0.1, 0.15) is 42.9 Å². The molecular weight excluding hydrogens is 296 g/mol. The van der Waals surface area contributed by atoms with Crippen LogP contribution in [0.2, 0.25) is 0 Å². The fourth-order valence-corrected chi connectivity index (χ4v) is 3.60. The molecule has 2 aliphatic carbocycles. The molecule has 2 aliphatic rings. The molecule has 1 fully saturated rings. The Balaban J connectivity index is 1.53. The van der Waals surface area contributed by atoms with Gasteiger partial charge in [-0.05, 0) is 36.8 Å². The van der Waals surface area contributed by atoms with E-state index in [9.17, 15) is 14.7 Å². The minimum atomic E-state index is -0.751. The van der Waals surface area contributed by atoms with Gasteiger partial charge in [-0.15, -0.1) is 0 Å². The highest BCUT2D eigenvalue weighted by Gasteiger charge is 2.33. The number of aliphatic hydroxyl groups excluding tert-OH is 1. The summed E-state index contributed by atoms with van der Waals surface area (Å²) < 4.78 is 0. The molecule has 6 nitrogen and oxygen atoms in total. The van der Waals surface area contributed by atoms with Gasteiger partial charge in [0.05, 0.1) is 18.1 Å². The van der Waals surface area contributed by atoms with Gasteiger partial charge >= 0.3 is 12.0 Å². The number of hydrogen-bond acceptors (Lipinski definition) is 3. The fourth-order valence-electron chi connectivity index (χ4n) is 3.60. The molecule has 0 heterocycles. The number of nitrogens with one attached hydrogen (secondary N) is 2. The quantitative estimate of drug-likeness (QED) is 0.680. The number of carbonyl (C=O) groups excluding carboxylic acids is 1. The molecule has 2 amide bonds. The first kappa shape index (κ1) is 15.8. The highest BCUT2D eigenvalue weighted by atomic mass is 16.4. The number of amides is 2. The number of urea groups is 1. The van der Waals surface area contributed by atoms with Gasteiger partial charge in [-0.1, -0.05) is 24.3 Å². The normalized spacial score (nSPS) is 29.6. The minimum Gasteiger partial charge on any atom is -0.481 e. The van der Waals surface area contributed by atoms with Crippen LogP contribution in [-0.2, 0) is 11.2 Å². The standard InChI is InChI=1S/C17H22N2O4/c20-14-9-11-3-1-2-4-13(11)15(14)19-17(23)18-12-7-5-10(6-8-12)16(21)22/h1-4,10,12,14-15,20H,5-9H2,(H,21,22)(H2,18,19,23)/t10?,12?,14-,15+/m1/s1. The van der Waals surface area contributed by atoms with E-state index in [4.69, 9.17) is 5.11 Å². The maximum atomic E-state index is 12.2. The number of carboxylic acid groups (broad SMARTS) is 1. The summed E-state index contributed by atoms with van der Waals surface area (Å²) in [6.07, 6.45) is 2.47. The van der Waals surface area contributed by atoms with Crippen LogP contribution in [-0.4, -0.2) is 34.4 Å². The molecular formula is C17H22N2O4. The Morgan fingerprint density at radius 3 is 2.43 bits per heavy atom. The van der Waals surface area contributed by atoms with Gasteiger partial charge in [-0.3, -0.25) is 4.79 Å². The van der Waals surface area contributed by atoms with Gasteiger partial charge in [0.2, 0.25) is 0 Å². The molecule has 1 aromatic carbocycles. The molecule has 1 aromatic rings. The van der Waals surface area contributed by atoms with Crippen molar-refractivity contribution in [1.29, 1.82) is 0 Å². The lowest BCUT2D eigenvalue weighted by Gasteiger charge is -2.28. The minimum absolute atomic E-state index is 0.000565. The van der Waals surface area contributed by atoms with Crippen LogP contribution >= 0.6 is 0 Å². The Morgan fingerprint density at radius 1 is 1.04 bits per heavy atom. The van der Waals surface area contributed by atoms with Crippen molar-refractivity contribution in [2.45, 2.75) is 50.3 Å². The fraction of sp³-hybridized carbons (Fsp3) is 0.529. The van der Waals surface area contributed by atoms with Gasteiger partial charge in [-0.2, -0.15) is 0 Å². The molecule has 3 rings (SSSR count). The average molecular weight is 318 g/mol. The van der Waals surface area contributed by atoms with E-state index < -0.39 is 12.1 Å². The molecule has 6 heteroatoms. The second-order valence-corrected chi connectivity index (χ2v) is 6.45. The van der Waals surface area contributed by atoms with Gasteiger partial charge in [-0.25, -0.2) is 4.79 Å². The van der Waals surface area contributed by atoms with Crippen molar-refractivity contribution >= 4 is 12.0 Å². The lowest BCUT2D eigenvalue weighted by molar-refractivity contribution is -0.142. The molecule has 0 spiro atoms. The Morgan fingerprint density at radius 2 is 1.74 bits per heavy atom. The second kappa shape index (κ2) is 6.58. The topological polar surface area (TPSA) is 98.7 Å². The number of benzene rings is 1. The zero-order valence-electron chi connectivity index (χ0n) is 12.9. The van der Waals surface area contributed by atoms with E-state index >= 15 is 0 Å². The Labute approximate surface area is 134 Å². The van der Waals surface area contributed by atoms with E-state index in [1.807, 2.05) is 24.3 Å². The summed E-state index contributed by atoms with van der Waals surface area (Å²) in [5.74, 6) is -1.04. The maximum absolute atomic E-state index is 12.2. The lowest BCUT2D eigenvalue weighted by Crippen LogP contribution is -2.46. The maximum Gasteiger partial charge on any atom is 0.315 e. The molecule has 0 unspecified atom stereocenters. The molecule has 0 aromatic heterocycles. The summed E-state index contributed by atoms with van der Waals surface area (Å²) in [7, 11) is 0. The Bertz CT molecular complexity index is 596. The summed E-state index contributed by atoms with van der Waals surface area (Å²) in [6, 6.07) is 7.02. The van der Waals surface area contributed by atoms with Crippen molar-refractivity contribution in [3.8, 4) is 0 Å². The van der Waals surface area contributed by atoms with Gasteiger partial charge in [0.1, 0.15) is 0 Å². The average Bonchev–Trinajstić information content (AvgIpc) is 2.84. The van der Waals surface area contributed by atoms with E-state index in [0.717, 1.165) is 11.1 Å².